The average molecular weight is 261 g/mol. The summed E-state index contributed by atoms with van der Waals surface area (Å²) < 4.78 is 5.82. The highest BCUT2D eigenvalue weighted by Crippen LogP contribution is 2.30. The van der Waals surface area contributed by atoms with Gasteiger partial charge in [-0.1, -0.05) is 18.2 Å². The monoisotopic (exact) mass is 261 g/mol. The van der Waals surface area contributed by atoms with Gasteiger partial charge in [0, 0.05) is 28.9 Å². The SMILES string of the molecule is Nc1ccc2nc(-c3ccnc4ccccc34)oc2c1. The Morgan fingerprint density at radius 1 is 0.950 bits per heavy atom. The summed E-state index contributed by atoms with van der Waals surface area (Å²) in [6.45, 7) is 0. The minimum absolute atomic E-state index is 0.587. The van der Waals surface area contributed by atoms with Crippen molar-refractivity contribution >= 4 is 27.7 Å². The summed E-state index contributed by atoms with van der Waals surface area (Å²) >= 11 is 0. The summed E-state index contributed by atoms with van der Waals surface area (Å²) in [6, 6.07) is 15.3. The van der Waals surface area contributed by atoms with Crippen molar-refractivity contribution < 1.29 is 4.42 Å². The fraction of sp³-hybridized carbons (Fsp3) is 0. The quantitative estimate of drug-likeness (QED) is 0.531. The van der Waals surface area contributed by atoms with Crippen LogP contribution in [-0.2, 0) is 0 Å². The number of anilines is 1. The maximum absolute atomic E-state index is 5.82. The molecule has 0 radical (unpaired) electrons. The molecule has 0 aliphatic carbocycles. The summed E-state index contributed by atoms with van der Waals surface area (Å²) in [5, 5.41) is 1.02. The first-order chi connectivity index (χ1) is 9.81. The Hall–Kier alpha value is -2.88. The number of hydrogen-bond acceptors (Lipinski definition) is 4. The number of oxazole rings is 1. The molecule has 0 spiro atoms. The maximum atomic E-state index is 5.82. The van der Waals surface area contributed by atoms with Crippen LogP contribution >= 0.6 is 0 Å². The second-order valence-electron chi connectivity index (χ2n) is 4.62. The molecule has 0 aliphatic rings. The highest BCUT2D eigenvalue weighted by molar-refractivity contribution is 5.93. The average Bonchev–Trinajstić information content (AvgIpc) is 2.89. The summed E-state index contributed by atoms with van der Waals surface area (Å²) in [7, 11) is 0. The van der Waals surface area contributed by atoms with Crippen LogP contribution in [0.1, 0.15) is 0 Å². The van der Waals surface area contributed by atoms with Crippen LogP contribution in [0.15, 0.2) is 59.1 Å². The van der Waals surface area contributed by atoms with Crippen LogP contribution in [0.5, 0.6) is 0 Å². The van der Waals surface area contributed by atoms with Crippen molar-refractivity contribution in [2.75, 3.05) is 5.73 Å². The number of benzene rings is 2. The molecule has 0 fully saturated rings. The zero-order valence-corrected chi connectivity index (χ0v) is 10.6. The second-order valence-corrected chi connectivity index (χ2v) is 4.62. The van der Waals surface area contributed by atoms with Crippen molar-refractivity contribution in [2.45, 2.75) is 0 Å². The molecule has 4 rings (SSSR count). The van der Waals surface area contributed by atoms with E-state index in [0.29, 0.717) is 17.2 Å². The van der Waals surface area contributed by atoms with E-state index in [-0.39, 0.29) is 0 Å². The normalized spacial score (nSPS) is 11.2. The van der Waals surface area contributed by atoms with Crippen LogP contribution in [0, 0.1) is 0 Å². The van der Waals surface area contributed by atoms with Crippen molar-refractivity contribution in [1.82, 2.24) is 9.97 Å². The Kier molecular flexibility index (Phi) is 2.23. The molecule has 4 nitrogen and oxygen atoms in total. The van der Waals surface area contributed by atoms with Crippen molar-refractivity contribution in [3.63, 3.8) is 0 Å². The van der Waals surface area contributed by atoms with Gasteiger partial charge in [0.25, 0.3) is 0 Å². The van der Waals surface area contributed by atoms with Gasteiger partial charge < -0.3 is 10.2 Å². The molecule has 96 valence electrons. The lowest BCUT2D eigenvalue weighted by atomic mass is 10.1. The first kappa shape index (κ1) is 11.0. The molecule has 0 amide bonds. The molecule has 2 N–H and O–H groups in total. The van der Waals surface area contributed by atoms with Crippen molar-refractivity contribution in [3.8, 4) is 11.5 Å². The summed E-state index contributed by atoms with van der Waals surface area (Å²) in [6.07, 6.45) is 1.76. The molecule has 0 unspecified atom stereocenters. The summed E-state index contributed by atoms with van der Waals surface area (Å²) in [5.41, 5.74) is 9.79. The second kappa shape index (κ2) is 4.06. The lowest BCUT2D eigenvalue weighted by Gasteiger charge is -2.01. The van der Waals surface area contributed by atoms with E-state index in [2.05, 4.69) is 9.97 Å². The number of fused-ring (bicyclic) bond motifs is 2. The number of pyridine rings is 1. The number of aromatic nitrogens is 2. The first-order valence-electron chi connectivity index (χ1n) is 6.31. The third-order valence-corrected chi connectivity index (χ3v) is 3.29. The predicted octanol–water partition coefficient (Wildman–Crippen LogP) is 3.63. The van der Waals surface area contributed by atoms with Crippen molar-refractivity contribution in [1.29, 1.82) is 0 Å². The summed E-state index contributed by atoms with van der Waals surface area (Å²) in [4.78, 5) is 8.87. The molecule has 0 saturated heterocycles. The molecule has 2 heterocycles. The topological polar surface area (TPSA) is 64.9 Å². The Labute approximate surface area is 114 Å². The standard InChI is InChI=1S/C16H11N3O/c17-10-5-6-14-15(9-10)20-16(19-14)12-7-8-18-13-4-2-1-3-11(12)13/h1-9H,17H2. The van der Waals surface area contributed by atoms with E-state index in [9.17, 15) is 0 Å². The molecule has 4 aromatic rings. The Balaban J connectivity index is 2.01. The Morgan fingerprint density at radius 3 is 2.80 bits per heavy atom. The van der Waals surface area contributed by atoms with E-state index in [1.165, 1.54) is 0 Å². The van der Waals surface area contributed by atoms with E-state index >= 15 is 0 Å². The van der Waals surface area contributed by atoms with Crippen LogP contribution in [0.3, 0.4) is 0 Å². The minimum Gasteiger partial charge on any atom is -0.436 e. The zero-order valence-electron chi connectivity index (χ0n) is 10.6. The van der Waals surface area contributed by atoms with Gasteiger partial charge in [-0.25, -0.2) is 4.98 Å². The van der Waals surface area contributed by atoms with Crippen LogP contribution in [0.2, 0.25) is 0 Å². The van der Waals surface area contributed by atoms with Crippen LogP contribution in [0.4, 0.5) is 5.69 Å². The molecule has 0 saturated carbocycles. The van der Waals surface area contributed by atoms with E-state index in [4.69, 9.17) is 10.2 Å². The van der Waals surface area contributed by atoms with Gasteiger partial charge >= 0.3 is 0 Å². The van der Waals surface area contributed by atoms with Gasteiger partial charge in [-0.3, -0.25) is 4.98 Å². The zero-order chi connectivity index (χ0) is 13.5. The molecule has 2 aromatic heterocycles. The number of hydrogen-bond donors (Lipinski definition) is 1. The third kappa shape index (κ3) is 1.62. The van der Waals surface area contributed by atoms with E-state index in [0.717, 1.165) is 22.0 Å². The molecular weight excluding hydrogens is 250 g/mol. The first-order valence-corrected chi connectivity index (χ1v) is 6.31. The van der Waals surface area contributed by atoms with Gasteiger partial charge in [-0.15, -0.1) is 0 Å². The molecule has 20 heavy (non-hydrogen) atoms. The number of nitrogens with zero attached hydrogens (tertiary/aromatic N) is 2. The minimum atomic E-state index is 0.587. The van der Waals surface area contributed by atoms with Crippen LogP contribution < -0.4 is 5.73 Å². The van der Waals surface area contributed by atoms with Gasteiger partial charge in [-0.05, 0) is 24.3 Å². The Morgan fingerprint density at radius 2 is 1.85 bits per heavy atom. The highest BCUT2D eigenvalue weighted by Gasteiger charge is 2.11. The maximum Gasteiger partial charge on any atom is 0.228 e. The molecule has 0 atom stereocenters. The lowest BCUT2D eigenvalue weighted by molar-refractivity contribution is 0.620. The third-order valence-electron chi connectivity index (χ3n) is 3.29. The number of nitrogen functional groups attached to an aromatic ring is 1. The predicted molar refractivity (Wildman–Crippen MR) is 79.2 cm³/mol. The van der Waals surface area contributed by atoms with Crippen molar-refractivity contribution in [2.24, 2.45) is 0 Å². The Bertz CT molecular complexity index is 922. The van der Waals surface area contributed by atoms with Gasteiger partial charge in [0.05, 0.1) is 5.52 Å². The highest BCUT2D eigenvalue weighted by atomic mass is 16.3. The fourth-order valence-corrected chi connectivity index (χ4v) is 2.34. The van der Waals surface area contributed by atoms with Gasteiger partial charge in [0.1, 0.15) is 5.52 Å². The smallest absolute Gasteiger partial charge is 0.228 e. The molecule has 2 aromatic carbocycles. The van der Waals surface area contributed by atoms with Gasteiger partial charge in [0.2, 0.25) is 5.89 Å². The molecule has 0 aliphatic heterocycles. The number of rotatable bonds is 1. The molecular formula is C16H11N3O. The number of para-hydroxylation sites is 1. The summed E-state index contributed by atoms with van der Waals surface area (Å²) in [5.74, 6) is 0.587. The fourth-order valence-electron chi connectivity index (χ4n) is 2.34. The number of nitrogens with two attached hydrogens (primary N) is 1. The molecule has 4 heteroatoms. The van der Waals surface area contributed by atoms with E-state index in [1.54, 1.807) is 12.3 Å². The van der Waals surface area contributed by atoms with Gasteiger partial charge in [0.15, 0.2) is 5.58 Å². The van der Waals surface area contributed by atoms with Gasteiger partial charge in [-0.2, -0.15) is 0 Å². The van der Waals surface area contributed by atoms with Crippen LogP contribution in [0.25, 0.3) is 33.5 Å². The lowest BCUT2D eigenvalue weighted by Crippen LogP contribution is -1.83. The van der Waals surface area contributed by atoms with Crippen LogP contribution in [-0.4, -0.2) is 9.97 Å². The largest absolute Gasteiger partial charge is 0.436 e. The van der Waals surface area contributed by atoms with Crippen molar-refractivity contribution in [3.05, 3.63) is 54.7 Å². The van der Waals surface area contributed by atoms with E-state index < -0.39 is 0 Å². The van der Waals surface area contributed by atoms with E-state index in [1.807, 2.05) is 42.5 Å². The molecule has 0 bridgehead atoms.